The first-order valence-electron chi connectivity index (χ1n) is 9.25. The zero-order valence-corrected chi connectivity index (χ0v) is 14.8. The van der Waals surface area contributed by atoms with Crippen LogP contribution in [0.2, 0.25) is 0 Å². The third kappa shape index (κ3) is 2.06. The summed E-state index contributed by atoms with van der Waals surface area (Å²) in [7, 11) is 1.67. The highest BCUT2D eigenvalue weighted by atomic mass is 19.1. The third-order valence-electron chi connectivity index (χ3n) is 7.82. The lowest BCUT2D eigenvalue weighted by atomic mass is 9.51. The van der Waals surface area contributed by atoms with Crippen LogP contribution >= 0.6 is 0 Å². The first kappa shape index (κ1) is 16.7. The van der Waals surface area contributed by atoms with Crippen molar-refractivity contribution in [3.63, 3.8) is 0 Å². The van der Waals surface area contributed by atoms with E-state index in [2.05, 4.69) is 26.0 Å². The van der Waals surface area contributed by atoms with Gasteiger partial charge in [0.15, 0.2) is 0 Å². The smallest absolute Gasteiger partial charge is 0.127 e. The van der Waals surface area contributed by atoms with E-state index in [1.165, 1.54) is 11.1 Å². The van der Waals surface area contributed by atoms with Gasteiger partial charge in [0.1, 0.15) is 6.17 Å². The number of rotatable bonds is 1. The van der Waals surface area contributed by atoms with Crippen LogP contribution in [-0.2, 0) is 4.74 Å². The maximum atomic E-state index is 14.3. The van der Waals surface area contributed by atoms with Gasteiger partial charge in [-0.05, 0) is 49.4 Å². The molecule has 134 valence electrons. The van der Waals surface area contributed by atoms with Gasteiger partial charge in [0.25, 0.3) is 0 Å². The average Bonchev–Trinajstić information content (AvgIpc) is 2.78. The largest absolute Gasteiger partial charge is 0.390 e. The summed E-state index contributed by atoms with van der Waals surface area (Å²) in [6.07, 6.45) is 5.54. The third-order valence-corrected chi connectivity index (χ3v) is 7.82. The molecule has 0 heterocycles. The zero-order valence-electron chi connectivity index (χ0n) is 14.8. The molecule has 4 aliphatic rings. The van der Waals surface area contributed by atoms with Crippen LogP contribution in [-0.4, -0.2) is 41.8 Å². The first-order valence-corrected chi connectivity index (χ1v) is 9.25. The summed E-state index contributed by atoms with van der Waals surface area (Å²) in [5, 5.41) is 20.7. The molecular formula is C20H29FO3. The minimum Gasteiger partial charge on any atom is -0.390 e. The molecule has 2 N–H and O–H groups in total. The van der Waals surface area contributed by atoms with Crippen molar-refractivity contribution in [2.24, 2.45) is 22.7 Å². The lowest BCUT2D eigenvalue weighted by Gasteiger charge is -2.55. The summed E-state index contributed by atoms with van der Waals surface area (Å²) in [6.45, 7) is 4.35. The first-order chi connectivity index (χ1) is 11.3. The molecule has 3 saturated carbocycles. The van der Waals surface area contributed by atoms with Crippen molar-refractivity contribution in [3.8, 4) is 0 Å². The van der Waals surface area contributed by atoms with Crippen molar-refractivity contribution in [1.82, 2.24) is 0 Å². The molecule has 8 atom stereocenters. The quantitative estimate of drug-likeness (QED) is 0.773. The highest BCUT2D eigenvalue weighted by Crippen LogP contribution is 2.63. The van der Waals surface area contributed by atoms with Crippen LogP contribution in [0, 0.1) is 22.7 Å². The molecule has 0 spiro atoms. The lowest BCUT2D eigenvalue weighted by Crippen LogP contribution is -2.50. The summed E-state index contributed by atoms with van der Waals surface area (Å²) < 4.78 is 19.8. The molecule has 0 aliphatic heterocycles. The highest BCUT2D eigenvalue weighted by molar-refractivity contribution is 5.39. The number of aliphatic hydroxyl groups is 2. The fourth-order valence-electron chi connectivity index (χ4n) is 6.20. The molecule has 4 aliphatic carbocycles. The fourth-order valence-corrected chi connectivity index (χ4v) is 6.20. The highest BCUT2D eigenvalue weighted by Gasteiger charge is 2.59. The molecular weight excluding hydrogens is 307 g/mol. The number of ether oxygens (including phenoxy) is 1. The summed E-state index contributed by atoms with van der Waals surface area (Å²) in [5.41, 5.74) is 2.26. The normalized spacial score (nSPS) is 53.6. The minimum absolute atomic E-state index is 0.0231. The van der Waals surface area contributed by atoms with Gasteiger partial charge in [-0.2, -0.15) is 0 Å². The van der Waals surface area contributed by atoms with Crippen LogP contribution in [0.25, 0.3) is 0 Å². The van der Waals surface area contributed by atoms with E-state index in [-0.39, 0.29) is 22.9 Å². The van der Waals surface area contributed by atoms with Gasteiger partial charge in [-0.15, -0.1) is 0 Å². The second-order valence-electron chi connectivity index (χ2n) is 8.87. The molecule has 0 aromatic heterocycles. The molecule has 0 saturated heterocycles. The van der Waals surface area contributed by atoms with Crippen LogP contribution < -0.4 is 0 Å². The molecule has 24 heavy (non-hydrogen) atoms. The van der Waals surface area contributed by atoms with Crippen molar-refractivity contribution in [2.75, 3.05) is 7.11 Å². The Morgan fingerprint density at radius 2 is 1.96 bits per heavy atom. The Bertz CT molecular complexity index is 600. The van der Waals surface area contributed by atoms with Gasteiger partial charge in [-0.25, -0.2) is 4.39 Å². The lowest BCUT2D eigenvalue weighted by molar-refractivity contribution is -0.0691. The molecule has 0 aromatic rings. The number of fused-ring (bicyclic) bond motifs is 5. The molecule has 0 aromatic carbocycles. The molecule has 3 fully saturated rings. The second-order valence-corrected chi connectivity index (χ2v) is 8.87. The number of methoxy groups -OCH3 is 1. The Hall–Kier alpha value is -0.710. The van der Waals surface area contributed by atoms with Crippen molar-refractivity contribution >= 4 is 0 Å². The average molecular weight is 336 g/mol. The maximum absolute atomic E-state index is 14.3. The van der Waals surface area contributed by atoms with Gasteiger partial charge in [-0.3, -0.25) is 0 Å². The monoisotopic (exact) mass is 336 g/mol. The van der Waals surface area contributed by atoms with Gasteiger partial charge in [-0.1, -0.05) is 37.1 Å². The van der Waals surface area contributed by atoms with E-state index in [9.17, 15) is 14.6 Å². The number of alkyl halides is 1. The van der Waals surface area contributed by atoms with Crippen LogP contribution in [0.3, 0.4) is 0 Å². The number of hydrogen-bond donors (Lipinski definition) is 2. The van der Waals surface area contributed by atoms with E-state index in [1.54, 1.807) is 7.11 Å². The topological polar surface area (TPSA) is 49.7 Å². The predicted molar refractivity (Wildman–Crippen MR) is 90.2 cm³/mol. The van der Waals surface area contributed by atoms with Gasteiger partial charge in [0.2, 0.25) is 0 Å². The molecule has 4 rings (SSSR count). The van der Waals surface area contributed by atoms with E-state index in [0.29, 0.717) is 18.8 Å². The van der Waals surface area contributed by atoms with Crippen molar-refractivity contribution < 1.29 is 19.3 Å². The number of aliphatic hydroxyl groups excluding tert-OH is 2. The second kappa shape index (κ2) is 5.39. The molecule has 3 nitrogen and oxygen atoms in total. The number of hydrogen-bond acceptors (Lipinski definition) is 3. The van der Waals surface area contributed by atoms with Crippen molar-refractivity contribution in [3.05, 3.63) is 23.3 Å². The summed E-state index contributed by atoms with van der Waals surface area (Å²) in [5.74, 6) is 0.502. The van der Waals surface area contributed by atoms with Gasteiger partial charge < -0.3 is 14.9 Å². The van der Waals surface area contributed by atoms with Crippen LogP contribution in [0.5, 0.6) is 0 Å². The van der Waals surface area contributed by atoms with E-state index in [1.807, 2.05) is 0 Å². The van der Waals surface area contributed by atoms with Crippen LogP contribution in [0.15, 0.2) is 23.3 Å². The van der Waals surface area contributed by atoms with E-state index < -0.39 is 18.4 Å². The number of allylic oxidation sites excluding steroid dienone is 3. The standard InChI is InChI=1S/C20H29FO3/c1-19-7-6-13-12(14(19)9-15(21)18(19)23)5-4-11-8-16(22)17(24-3)10-20(11,13)2/h4-5,13-18,22-23H,6-10H2,1-3H3/t13-,14+,15?,16?,17?,18?,19+,20+/m1/s1. The van der Waals surface area contributed by atoms with Crippen molar-refractivity contribution in [1.29, 1.82) is 0 Å². The Labute approximate surface area is 143 Å². The Morgan fingerprint density at radius 1 is 1.21 bits per heavy atom. The Morgan fingerprint density at radius 3 is 2.67 bits per heavy atom. The van der Waals surface area contributed by atoms with E-state index >= 15 is 0 Å². The molecule has 0 bridgehead atoms. The minimum atomic E-state index is -1.11. The molecule has 0 radical (unpaired) electrons. The van der Waals surface area contributed by atoms with Gasteiger partial charge in [0.05, 0.1) is 18.3 Å². The Kier molecular flexibility index (Phi) is 3.76. The van der Waals surface area contributed by atoms with E-state index in [4.69, 9.17) is 4.74 Å². The maximum Gasteiger partial charge on any atom is 0.127 e. The fraction of sp³-hybridized carbons (Fsp3) is 0.800. The van der Waals surface area contributed by atoms with E-state index in [0.717, 1.165) is 19.3 Å². The molecule has 0 amide bonds. The van der Waals surface area contributed by atoms with Crippen LogP contribution in [0.1, 0.15) is 46.0 Å². The van der Waals surface area contributed by atoms with Crippen LogP contribution in [0.4, 0.5) is 4.39 Å². The summed E-state index contributed by atoms with van der Waals surface area (Å²) in [4.78, 5) is 0. The number of halogens is 1. The van der Waals surface area contributed by atoms with Gasteiger partial charge in [0, 0.05) is 12.5 Å². The molecule has 4 unspecified atom stereocenters. The SMILES string of the molecule is COC1C[C@@]2(C)C(=CC=C3[C@H]2CC[C@]2(C)C(O)C(F)C[C@@H]32)CC1O. The zero-order chi connectivity index (χ0) is 17.3. The van der Waals surface area contributed by atoms with Crippen molar-refractivity contribution in [2.45, 2.75) is 70.4 Å². The summed E-state index contributed by atoms with van der Waals surface area (Å²) in [6, 6.07) is 0. The summed E-state index contributed by atoms with van der Waals surface area (Å²) >= 11 is 0. The Balaban J connectivity index is 1.72. The predicted octanol–water partition coefficient (Wildman–Crippen LogP) is 3.16. The molecule has 4 heteroatoms. The van der Waals surface area contributed by atoms with Gasteiger partial charge >= 0.3 is 0 Å².